The molecule has 0 amide bonds. The molecule has 0 saturated carbocycles. The third-order valence-corrected chi connectivity index (χ3v) is 3.00. The van der Waals surface area contributed by atoms with Gasteiger partial charge in [-0.1, -0.05) is 44.6 Å². The largest absolute Gasteiger partial charge is 0.317 e. The maximum absolute atomic E-state index is 3.40. The van der Waals surface area contributed by atoms with E-state index < -0.39 is 0 Å². The fraction of sp³-hybridized carbons (Fsp3) is 0.733. The van der Waals surface area contributed by atoms with E-state index >= 15 is 0 Å². The molecule has 0 atom stereocenters. The van der Waals surface area contributed by atoms with Crippen LogP contribution >= 0.6 is 0 Å². The molecule has 1 heterocycles. The fourth-order valence-electron chi connectivity index (χ4n) is 1.74. The van der Waals surface area contributed by atoms with Gasteiger partial charge in [-0.2, -0.15) is 0 Å². The zero-order valence-corrected chi connectivity index (χ0v) is 11.6. The minimum absolute atomic E-state index is 0.919. The Hall–Kier alpha value is -0.560. The summed E-state index contributed by atoms with van der Waals surface area (Å²) in [6.45, 7) is 10.8. The highest BCUT2D eigenvalue weighted by Crippen LogP contribution is 2.16. The van der Waals surface area contributed by atoms with Crippen LogP contribution in [0.4, 0.5) is 0 Å². The van der Waals surface area contributed by atoms with E-state index in [-0.39, 0.29) is 0 Å². The van der Waals surface area contributed by atoms with Crippen LogP contribution in [-0.2, 0) is 0 Å². The first-order chi connectivity index (χ1) is 7.83. The fourth-order valence-corrected chi connectivity index (χ4v) is 1.74. The highest BCUT2D eigenvalue weighted by atomic mass is 14.9. The van der Waals surface area contributed by atoms with Crippen LogP contribution in [0.25, 0.3) is 0 Å². The van der Waals surface area contributed by atoms with Gasteiger partial charge < -0.3 is 5.32 Å². The molecule has 0 spiro atoms. The average Bonchev–Trinajstić information content (AvgIpc) is 2.38. The average molecular weight is 223 g/mol. The Morgan fingerprint density at radius 1 is 1.25 bits per heavy atom. The van der Waals surface area contributed by atoms with Gasteiger partial charge in [0.05, 0.1) is 0 Å². The molecule has 0 unspecified atom stereocenters. The Labute approximate surface area is 102 Å². The summed E-state index contributed by atoms with van der Waals surface area (Å²) >= 11 is 0. The van der Waals surface area contributed by atoms with Crippen molar-refractivity contribution in [2.75, 3.05) is 13.1 Å². The van der Waals surface area contributed by atoms with E-state index in [2.05, 4.69) is 37.4 Å². The zero-order valence-electron chi connectivity index (χ0n) is 11.6. The summed E-state index contributed by atoms with van der Waals surface area (Å²) in [6.07, 6.45) is 11.9. The Bertz CT molecular complexity index is 197. The number of hydrogen-bond donors (Lipinski definition) is 1. The predicted molar refractivity (Wildman–Crippen MR) is 74.7 cm³/mol. The lowest BCUT2D eigenvalue weighted by atomic mass is 9.94. The van der Waals surface area contributed by atoms with Crippen molar-refractivity contribution in [2.45, 2.75) is 53.4 Å². The van der Waals surface area contributed by atoms with Crippen molar-refractivity contribution in [1.29, 1.82) is 0 Å². The van der Waals surface area contributed by atoms with Crippen LogP contribution in [0.15, 0.2) is 23.8 Å². The van der Waals surface area contributed by atoms with E-state index in [1.165, 1.54) is 37.9 Å². The number of allylic oxidation sites excluding steroid dienone is 4. The normalized spacial score (nSPS) is 18.4. The van der Waals surface area contributed by atoms with Crippen molar-refractivity contribution >= 4 is 0 Å². The monoisotopic (exact) mass is 223 g/mol. The van der Waals surface area contributed by atoms with Crippen molar-refractivity contribution in [2.24, 2.45) is 5.92 Å². The molecule has 1 aliphatic rings. The van der Waals surface area contributed by atoms with Gasteiger partial charge in [0.15, 0.2) is 0 Å². The molecule has 0 bridgehead atoms. The maximum atomic E-state index is 3.40. The molecule has 1 heteroatoms. The van der Waals surface area contributed by atoms with Gasteiger partial charge in [-0.3, -0.25) is 0 Å². The van der Waals surface area contributed by atoms with Crippen molar-refractivity contribution < 1.29 is 0 Å². The standard InChI is InChI=1S/C13H23N.C2H6/c1-3-12(2)6-4-5-7-13-8-10-14-11-9-13;1-2/h4-6,13-14H,3,7-11H2,1-2H3;1-2H3/b5-4-,12-6+;. The van der Waals surface area contributed by atoms with Crippen LogP contribution in [0.2, 0.25) is 0 Å². The molecule has 1 fully saturated rings. The molecule has 1 aliphatic heterocycles. The lowest BCUT2D eigenvalue weighted by Gasteiger charge is -2.20. The van der Waals surface area contributed by atoms with E-state index in [4.69, 9.17) is 0 Å². The highest BCUT2D eigenvalue weighted by molar-refractivity contribution is 5.10. The Kier molecular flexibility index (Phi) is 10.6. The second-order valence-electron chi connectivity index (χ2n) is 4.22. The molecular formula is C15H29N. The Morgan fingerprint density at radius 3 is 2.44 bits per heavy atom. The van der Waals surface area contributed by atoms with E-state index in [9.17, 15) is 0 Å². The number of hydrogen-bond acceptors (Lipinski definition) is 1. The second-order valence-corrected chi connectivity index (χ2v) is 4.22. The predicted octanol–water partition coefficient (Wildman–Crippen LogP) is 4.31. The number of piperidine rings is 1. The lowest BCUT2D eigenvalue weighted by Crippen LogP contribution is -2.27. The van der Waals surface area contributed by atoms with Gasteiger partial charge in [0.25, 0.3) is 0 Å². The summed E-state index contributed by atoms with van der Waals surface area (Å²) in [6, 6.07) is 0. The summed E-state index contributed by atoms with van der Waals surface area (Å²) in [4.78, 5) is 0. The first-order valence-corrected chi connectivity index (χ1v) is 6.86. The van der Waals surface area contributed by atoms with E-state index in [1.807, 2.05) is 13.8 Å². The highest BCUT2D eigenvalue weighted by Gasteiger charge is 2.10. The van der Waals surface area contributed by atoms with Crippen LogP contribution in [0, 0.1) is 5.92 Å². The van der Waals surface area contributed by atoms with E-state index in [0.29, 0.717) is 0 Å². The maximum Gasteiger partial charge on any atom is -0.00462 e. The van der Waals surface area contributed by atoms with Crippen LogP contribution < -0.4 is 5.32 Å². The summed E-state index contributed by atoms with van der Waals surface area (Å²) in [5.74, 6) is 0.919. The first-order valence-electron chi connectivity index (χ1n) is 6.86. The van der Waals surface area contributed by atoms with Crippen molar-refractivity contribution in [3.05, 3.63) is 23.8 Å². The second kappa shape index (κ2) is 10.9. The van der Waals surface area contributed by atoms with Gasteiger partial charge in [-0.25, -0.2) is 0 Å². The van der Waals surface area contributed by atoms with Gasteiger partial charge >= 0.3 is 0 Å². The van der Waals surface area contributed by atoms with Crippen molar-refractivity contribution in [1.82, 2.24) is 5.32 Å². The smallest absolute Gasteiger partial charge is 0.00462 e. The minimum atomic E-state index is 0.919. The van der Waals surface area contributed by atoms with Crippen LogP contribution in [0.5, 0.6) is 0 Å². The molecule has 0 aromatic heterocycles. The van der Waals surface area contributed by atoms with Crippen LogP contribution in [-0.4, -0.2) is 13.1 Å². The third-order valence-electron chi connectivity index (χ3n) is 3.00. The van der Waals surface area contributed by atoms with Gasteiger partial charge in [0.1, 0.15) is 0 Å². The van der Waals surface area contributed by atoms with E-state index in [0.717, 1.165) is 12.3 Å². The quantitative estimate of drug-likeness (QED) is 0.700. The van der Waals surface area contributed by atoms with Crippen molar-refractivity contribution in [3.8, 4) is 0 Å². The number of rotatable bonds is 4. The molecule has 94 valence electrons. The molecule has 1 nitrogen and oxygen atoms in total. The third kappa shape index (κ3) is 7.70. The van der Waals surface area contributed by atoms with Crippen LogP contribution in [0.1, 0.15) is 53.4 Å². The topological polar surface area (TPSA) is 12.0 Å². The SMILES string of the molecule is CC.CC/C(C)=C/C=C\CC1CCNCC1. The minimum Gasteiger partial charge on any atom is -0.317 e. The molecule has 0 aliphatic carbocycles. The van der Waals surface area contributed by atoms with E-state index in [1.54, 1.807) is 0 Å². The van der Waals surface area contributed by atoms with Crippen LogP contribution in [0.3, 0.4) is 0 Å². The molecule has 1 saturated heterocycles. The number of nitrogens with one attached hydrogen (secondary N) is 1. The summed E-state index contributed by atoms with van der Waals surface area (Å²) < 4.78 is 0. The lowest BCUT2D eigenvalue weighted by molar-refractivity contribution is 0.377. The van der Waals surface area contributed by atoms with Gasteiger partial charge in [-0.15, -0.1) is 0 Å². The Balaban J connectivity index is 0.00000106. The zero-order chi connectivity index (χ0) is 12.2. The molecule has 1 N–H and O–H groups in total. The molecule has 0 radical (unpaired) electrons. The summed E-state index contributed by atoms with van der Waals surface area (Å²) in [7, 11) is 0. The van der Waals surface area contributed by atoms with Gasteiger partial charge in [-0.05, 0) is 51.6 Å². The molecule has 0 aromatic rings. The summed E-state index contributed by atoms with van der Waals surface area (Å²) in [5.41, 5.74) is 1.46. The molecule has 16 heavy (non-hydrogen) atoms. The van der Waals surface area contributed by atoms with Gasteiger partial charge in [0, 0.05) is 0 Å². The molecule has 1 rings (SSSR count). The molecule has 0 aromatic carbocycles. The summed E-state index contributed by atoms with van der Waals surface area (Å²) in [5, 5.41) is 3.40. The Morgan fingerprint density at radius 2 is 1.88 bits per heavy atom. The van der Waals surface area contributed by atoms with Gasteiger partial charge in [0.2, 0.25) is 0 Å². The molecular weight excluding hydrogens is 194 g/mol. The first kappa shape index (κ1) is 15.4. The van der Waals surface area contributed by atoms with Crippen molar-refractivity contribution in [3.63, 3.8) is 0 Å².